The third-order valence-corrected chi connectivity index (χ3v) is 3.82. The number of hydrogen-bond acceptors (Lipinski definition) is 4. The number of piperidine rings is 1. The normalized spacial score (nSPS) is 18.6. The van der Waals surface area contributed by atoms with E-state index in [9.17, 15) is 28.1 Å². The molecule has 9 heteroatoms. The quantitative estimate of drug-likeness (QED) is 0.630. The van der Waals surface area contributed by atoms with Crippen molar-refractivity contribution in [2.24, 2.45) is 0 Å². The van der Waals surface area contributed by atoms with Crippen LogP contribution in [0.3, 0.4) is 0 Å². The monoisotopic (exact) mass is 332 g/mol. The van der Waals surface area contributed by atoms with Crippen molar-refractivity contribution in [2.45, 2.75) is 24.9 Å². The van der Waals surface area contributed by atoms with E-state index in [1.165, 1.54) is 19.2 Å². The van der Waals surface area contributed by atoms with Gasteiger partial charge in [-0.1, -0.05) is 6.07 Å². The van der Waals surface area contributed by atoms with E-state index in [2.05, 4.69) is 0 Å². The van der Waals surface area contributed by atoms with Crippen LogP contribution >= 0.6 is 0 Å². The van der Waals surface area contributed by atoms with Gasteiger partial charge in [0, 0.05) is 25.1 Å². The lowest BCUT2D eigenvalue weighted by molar-refractivity contribution is -0.385. The molecule has 1 fully saturated rings. The number of carbonyl (C=O) groups is 1. The van der Waals surface area contributed by atoms with Gasteiger partial charge in [0.05, 0.1) is 12.0 Å². The second-order valence-electron chi connectivity index (χ2n) is 5.28. The van der Waals surface area contributed by atoms with Crippen molar-refractivity contribution < 1.29 is 27.6 Å². The van der Waals surface area contributed by atoms with Crippen molar-refractivity contribution in [1.82, 2.24) is 4.90 Å². The first-order chi connectivity index (χ1) is 10.7. The first-order valence-electron chi connectivity index (χ1n) is 6.92. The summed E-state index contributed by atoms with van der Waals surface area (Å²) in [6.07, 6.45) is -3.94. The first kappa shape index (κ1) is 17.0. The lowest BCUT2D eigenvalue weighted by Gasteiger charge is -2.33. The molecule has 0 aromatic heterocycles. The SMILES string of the molecule is COc1ccc(C2CCCN(C(=O)C(F)(F)F)C2)cc1[N+](=O)[O-]. The maximum absolute atomic E-state index is 12.5. The molecule has 1 aromatic carbocycles. The van der Waals surface area contributed by atoms with Gasteiger partial charge in [-0.2, -0.15) is 13.2 Å². The lowest BCUT2D eigenvalue weighted by Crippen LogP contribution is -2.45. The second kappa shape index (κ2) is 6.43. The molecule has 1 unspecified atom stereocenters. The number of benzene rings is 1. The molecule has 0 aliphatic carbocycles. The molecule has 1 aromatic rings. The van der Waals surface area contributed by atoms with Crippen LogP contribution in [-0.2, 0) is 4.79 Å². The van der Waals surface area contributed by atoms with E-state index in [0.717, 1.165) is 4.90 Å². The number of methoxy groups -OCH3 is 1. The molecule has 1 aliphatic rings. The Morgan fingerprint density at radius 2 is 2.13 bits per heavy atom. The van der Waals surface area contributed by atoms with Crippen molar-refractivity contribution in [3.05, 3.63) is 33.9 Å². The summed E-state index contributed by atoms with van der Waals surface area (Å²) in [4.78, 5) is 22.5. The Kier molecular flexibility index (Phi) is 4.76. The first-order valence-corrected chi connectivity index (χ1v) is 6.92. The third kappa shape index (κ3) is 3.72. The molecule has 23 heavy (non-hydrogen) atoms. The number of hydrogen-bond donors (Lipinski definition) is 0. The molecule has 2 rings (SSSR count). The molecular weight excluding hydrogens is 317 g/mol. The highest BCUT2D eigenvalue weighted by Gasteiger charge is 2.43. The molecular formula is C14H15F3N2O4. The Morgan fingerprint density at radius 3 is 2.70 bits per heavy atom. The van der Waals surface area contributed by atoms with Crippen molar-refractivity contribution in [2.75, 3.05) is 20.2 Å². The summed E-state index contributed by atoms with van der Waals surface area (Å²) in [5.74, 6) is -2.16. The van der Waals surface area contributed by atoms with Crippen LogP contribution in [0.1, 0.15) is 24.3 Å². The van der Waals surface area contributed by atoms with E-state index in [4.69, 9.17) is 4.74 Å². The van der Waals surface area contributed by atoms with Crippen LogP contribution in [0.15, 0.2) is 18.2 Å². The number of rotatable bonds is 3. The highest BCUT2D eigenvalue weighted by Crippen LogP contribution is 2.34. The fourth-order valence-corrected chi connectivity index (χ4v) is 2.72. The van der Waals surface area contributed by atoms with E-state index < -0.39 is 17.0 Å². The molecule has 1 heterocycles. The summed E-state index contributed by atoms with van der Waals surface area (Å²) in [5.41, 5.74) is 0.279. The summed E-state index contributed by atoms with van der Waals surface area (Å²) in [6, 6.07) is 4.29. The molecule has 1 atom stereocenters. The number of likely N-dealkylation sites (tertiary alicyclic amines) is 1. The molecule has 0 bridgehead atoms. The van der Waals surface area contributed by atoms with E-state index >= 15 is 0 Å². The minimum absolute atomic E-state index is 0.0348. The largest absolute Gasteiger partial charge is 0.490 e. The summed E-state index contributed by atoms with van der Waals surface area (Å²) in [6.45, 7) is -0.0745. The summed E-state index contributed by atoms with van der Waals surface area (Å²) in [7, 11) is 1.30. The Labute approximate surface area is 130 Å². The Hall–Kier alpha value is -2.32. The molecule has 1 saturated heterocycles. The topological polar surface area (TPSA) is 72.7 Å². The highest BCUT2D eigenvalue weighted by atomic mass is 19.4. The van der Waals surface area contributed by atoms with Gasteiger partial charge >= 0.3 is 17.8 Å². The van der Waals surface area contributed by atoms with E-state index in [0.29, 0.717) is 18.4 Å². The predicted octanol–water partition coefficient (Wildman–Crippen LogP) is 2.87. The van der Waals surface area contributed by atoms with Gasteiger partial charge in [0.25, 0.3) is 0 Å². The zero-order valence-electron chi connectivity index (χ0n) is 12.3. The molecule has 6 nitrogen and oxygen atoms in total. The number of halogens is 3. The zero-order valence-corrected chi connectivity index (χ0v) is 12.3. The number of nitrogens with zero attached hydrogens (tertiary/aromatic N) is 2. The smallest absolute Gasteiger partial charge is 0.471 e. The maximum atomic E-state index is 12.5. The molecule has 1 amide bonds. The van der Waals surface area contributed by atoms with Crippen LogP contribution in [0.4, 0.5) is 18.9 Å². The number of alkyl halides is 3. The van der Waals surface area contributed by atoms with Crippen LogP contribution in [-0.4, -0.2) is 42.1 Å². The maximum Gasteiger partial charge on any atom is 0.471 e. The number of carbonyl (C=O) groups excluding carboxylic acids is 1. The fourth-order valence-electron chi connectivity index (χ4n) is 2.72. The van der Waals surface area contributed by atoms with Crippen molar-refractivity contribution in [3.8, 4) is 5.75 Å². The predicted molar refractivity (Wildman–Crippen MR) is 74.3 cm³/mol. The van der Waals surface area contributed by atoms with Gasteiger partial charge in [0.2, 0.25) is 0 Å². The molecule has 0 saturated carbocycles. The van der Waals surface area contributed by atoms with Gasteiger partial charge in [0.15, 0.2) is 5.75 Å². The van der Waals surface area contributed by atoms with Crippen molar-refractivity contribution >= 4 is 11.6 Å². The molecule has 0 radical (unpaired) electrons. The molecule has 1 aliphatic heterocycles. The second-order valence-corrected chi connectivity index (χ2v) is 5.28. The molecule has 0 N–H and O–H groups in total. The van der Waals surface area contributed by atoms with Gasteiger partial charge in [0.1, 0.15) is 0 Å². The highest BCUT2D eigenvalue weighted by molar-refractivity contribution is 5.82. The Balaban J connectivity index is 2.23. The van der Waals surface area contributed by atoms with Gasteiger partial charge in [-0.3, -0.25) is 14.9 Å². The standard InChI is InChI=1S/C14H15F3N2O4/c1-23-12-5-4-9(7-11(12)19(21)22)10-3-2-6-18(8-10)13(20)14(15,16)17/h4-5,7,10H,2-3,6,8H2,1H3. The van der Waals surface area contributed by atoms with Gasteiger partial charge in [-0.25, -0.2) is 0 Å². The summed E-state index contributed by atoms with van der Waals surface area (Å²) >= 11 is 0. The van der Waals surface area contributed by atoms with Gasteiger partial charge in [-0.15, -0.1) is 0 Å². The van der Waals surface area contributed by atoms with Crippen LogP contribution in [0.5, 0.6) is 5.75 Å². The summed E-state index contributed by atoms with van der Waals surface area (Å²) in [5, 5.41) is 11.0. The average Bonchev–Trinajstić information content (AvgIpc) is 2.52. The van der Waals surface area contributed by atoms with E-state index in [1.54, 1.807) is 6.07 Å². The number of ether oxygens (including phenoxy) is 1. The van der Waals surface area contributed by atoms with E-state index in [-0.39, 0.29) is 30.4 Å². The number of nitro benzene ring substituents is 1. The minimum Gasteiger partial charge on any atom is -0.490 e. The molecule has 0 spiro atoms. The van der Waals surface area contributed by atoms with E-state index in [1.807, 2.05) is 0 Å². The average molecular weight is 332 g/mol. The van der Waals surface area contributed by atoms with Crippen LogP contribution in [0.2, 0.25) is 0 Å². The van der Waals surface area contributed by atoms with Gasteiger partial charge in [-0.05, 0) is 24.5 Å². The Bertz CT molecular complexity index is 619. The lowest BCUT2D eigenvalue weighted by atomic mass is 9.90. The molecule has 126 valence electrons. The zero-order chi connectivity index (χ0) is 17.2. The van der Waals surface area contributed by atoms with Gasteiger partial charge < -0.3 is 9.64 Å². The number of nitro groups is 1. The minimum atomic E-state index is -4.91. The van der Waals surface area contributed by atoms with Crippen LogP contribution in [0, 0.1) is 10.1 Å². The number of amides is 1. The summed E-state index contributed by atoms with van der Waals surface area (Å²) < 4.78 is 42.5. The van der Waals surface area contributed by atoms with Crippen LogP contribution in [0.25, 0.3) is 0 Å². The third-order valence-electron chi connectivity index (χ3n) is 3.82. The Morgan fingerprint density at radius 1 is 1.43 bits per heavy atom. The van der Waals surface area contributed by atoms with Crippen molar-refractivity contribution in [3.63, 3.8) is 0 Å². The fraction of sp³-hybridized carbons (Fsp3) is 0.500. The van der Waals surface area contributed by atoms with Crippen molar-refractivity contribution in [1.29, 1.82) is 0 Å². The van der Waals surface area contributed by atoms with Crippen LogP contribution < -0.4 is 4.74 Å².